The number of oxime groups is 1. The van der Waals surface area contributed by atoms with Crippen molar-refractivity contribution in [1.29, 1.82) is 0 Å². The minimum Gasteiger partial charge on any atom is -0.411 e. The molecule has 3 N–H and O–H groups in total. The summed E-state index contributed by atoms with van der Waals surface area (Å²) in [4.78, 5) is 0. The molecule has 0 amide bonds. The highest BCUT2D eigenvalue weighted by atomic mass is 16.4. The molecule has 0 bridgehead atoms. The Hall–Kier alpha value is -0.570. The Morgan fingerprint density at radius 1 is 2.00 bits per heavy atom. The number of hydrogen-bond donors (Lipinski definition) is 2. The molecule has 0 spiro atoms. The molecule has 0 fully saturated rings. The van der Waals surface area contributed by atoms with Gasteiger partial charge in [-0.05, 0) is 6.92 Å². The van der Waals surface area contributed by atoms with Crippen molar-refractivity contribution in [3.05, 3.63) is 0 Å². The smallest absolute Gasteiger partial charge is 0.0600 e. The van der Waals surface area contributed by atoms with Gasteiger partial charge in [0.05, 0.1) is 6.21 Å². The highest BCUT2D eigenvalue weighted by Gasteiger charge is 1.79. The van der Waals surface area contributed by atoms with Crippen LogP contribution < -0.4 is 5.73 Å². The van der Waals surface area contributed by atoms with E-state index < -0.39 is 0 Å². The summed E-state index contributed by atoms with van der Waals surface area (Å²) in [6, 6.07) is -0.144. The molecule has 6 heavy (non-hydrogen) atoms. The van der Waals surface area contributed by atoms with Crippen molar-refractivity contribution in [2.45, 2.75) is 13.0 Å². The van der Waals surface area contributed by atoms with Crippen molar-refractivity contribution < 1.29 is 5.21 Å². The van der Waals surface area contributed by atoms with Gasteiger partial charge in [-0.2, -0.15) is 0 Å². The maximum Gasteiger partial charge on any atom is 0.0600 e. The third-order valence-corrected chi connectivity index (χ3v) is 0.302. The summed E-state index contributed by atoms with van der Waals surface area (Å²) in [7, 11) is 0. The normalized spacial score (nSPS) is 15.7. The summed E-state index contributed by atoms with van der Waals surface area (Å²) in [5.41, 5.74) is 5.09. The Kier molecular flexibility index (Phi) is 2.40. The van der Waals surface area contributed by atoms with Crippen molar-refractivity contribution in [2.75, 3.05) is 0 Å². The third kappa shape index (κ3) is 3.43. The van der Waals surface area contributed by atoms with Gasteiger partial charge in [-0.25, -0.2) is 0 Å². The van der Waals surface area contributed by atoms with Crippen LogP contribution >= 0.6 is 0 Å². The molecule has 0 aromatic heterocycles. The Morgan fingerprint density at radius 3 is 2.50 bits per heavy atom. The van der Waals surface area contributed by atoms with E-state index in [9.17, 15) is 0 Å². The molecule has 0 radical (unpaired) electrons. The summed E-state index contributed by atoms with van der Waals surface area (Å²) >= 11 is 0. The lowest BCUT2D eigenvalue weighted by Gasteiger charge is -1.85. The molecule has 3 nitrogen and oxygen atoms in total. The molecule has 0 aromatic rings. The Morgan fingerprint density at radius 2 is 2.50 bits per heavy atom. The largest absolute Gasteiger partial charge is 0.411 e. The highest BCUT2D eigenvalue weighted by molar-refractivity contribution is 5.62. The molecule has 0 aliphatic rings. The van der Waals surface area contributed by atoms with Gasteiger partial charge in [-0.1, -0.05) is 0 Å². The molecular weight excluding hydrogens is 80.0 g/mol. The van der Waals surface area contributed by atoms with E-state index in [2.05, 4.69) is 5.16 Å². The Labute approximate surface area is 36.5 Å². The summed E-state index contributed by atoms with van der Waals surface area (Å²) in [6.45, 7) is 1.72. The maximum atomic E-state index is 7.73. The topological polar surface area (TPSA) is 58.6 Å². The molecule has 1 unspecified atom stereocenters. The van der Waals surface area contributed by atoms with Crippen LogP contribution in [0.25, 0.3) is 0 Å². The van der Waals surface area contributed by atoms with E-state index in [4.69, 9.17) is 10.9 Å². The van der Waals surface area contributed by atoms with Crippen molar-refractivity contribution in [1.82, 2.24) is 0 Å². The number of nitrogens with two attached hydrogens (primary N) is 1. The molecule has 0 aliphatic carbocycles. The second-order valence-electron chi connectivity index (χ2n) is 1.12. The third-order valence-electron chi connectivity index (χ3n) is 0.302. The molecule has 0 saturated heterocycles. The fourth-order valence-electron chi connectivity index (χ4n) is 0.105. The van der Waals surface area contributed by atoms with Crippen LogP contribution in [0.1, 0.15) is 6.92 Å². The summed E-state index contributed by atoms with van der Waals surface area (Å²) in [6.07, 6.45) is 1.25. The zero-order chi connectivity index (χ0) is 4.99. The van der Waals surface area contributed by atoms with E-state index in [1.54, 1.807) is 6.92 Å². The molecule has 0 heterocycles. The number of rotatable bonds is 1. The predicted molar refractivity (Wildman–Crippen MR) is 23.9 cm³/mol. The number of hydrogen-bond acceptors (Lipinski definition) is 3. The van der Waals surface area contributed by atoms with E-state index >= 15 is 0 Å². The van der Waals surface area contributed by atoms with Crippen LogP contribution in [-0.2, 0) is 0 Å². The van der Waals surface area contributed by atoms with Gasteiger partial charge >= 0.3 is 0 Å². The van der Waals surface area contributed by atoms with E-state index in [0.717, 1.165) is 0 Å². The van der Waals surface area contributed by atoms with Crippen molar-refractivity contribution in [3.8, 4) is 0 Å². The van der Waals surface area contributed by atoms with Gasteiger partial charge in [0.1, 0.15) is 0 Å². The van der Waals surface area contributed by atoms with Crippen molar-refractivity contribution in [3.63, 3.8) is 0 Å². The monoisotopic (exact) mass is 88.1 g/mol. The fourth-order valence-corrected chi connectivity index (χ4v) is 0.105. The van der Waals surface area contributed by atoms with Crippen molar-refractivity contribution in [2.24, 2.45) is 10.9 Å². The van der Waals surface area contributed by atoms with Gasteiger partial charge in [0.2, 0.25) is 0 Å². The highest BCUT2D eigenvalue weighted by Crippen LogP contribution is 1.61. The van der Waals surface area contributed by atoms with Crippen LogP contribution in [0.4, 0.5) is 0 Å². The molecule has 0 rings (SSSR count). The van der Waals surface area contributed by atoms with Crippen LogP contribution in [0.15, 0.2) is 5.16 Å². The fraction of sp³-hybridized carbons (Fsp3) is 0.667. The Balaban J connectivity index is 3.03. The SMILES string of the molecule is CC(N)/C=N\O. The number of nitrogens with zero attached hydrogens (tertiary/aromatic N) is 1. The lowest BCUT2D eigenvalue weighted by molar-refractivity contribution is 0.320. The molecule has 0 saturated carbocycles. The minimum atomic E-state index is -0.144. The molecule has 1 atom stereocenters. The molecule has 0 aromatic carbocycles. The molecule has 3 heteroatoms. The summed E-state index contributed by atoms with van der Waals surface area (Å²) < 4.78 is 0. The first kappa shape index (κ1) is 5.43. The van der Waals surface area contributed by atoms with Crippen LogP contribution in [-0.4, -0.2) is 17.5 Å². The first-order chi connectivity index (χ1) is 2.77. The molecule has 36 valence electrons. The van der Waals surface area contributed by atoms with Gasteiger partial charge in [0.25, 0.3) is 0 Å². The van der Waals surface area contributed by atoms with Gasteiger partial charge < -0.3 is 10.9 Å². The zero-order valence-electron chi connectivity index (χ0n) is 3.63. The van der Waals surface area contributed by atoms with E-state index in [1.165, 1.54) is 6.21 Å². The first-order valence-electron chi connectivity index (χ1n) is 1.70. The van der Waals surface area contributed by atoms with Gasteiger partial charge in [-0.3, -0.25) is 0 Å². The standard InChI is InChI=1S/C3H8N2O/c1-3(4)2-5-6/h2-3,6H,4H2,1H3/b5-2-. The Bertz CT molecular complexity index is 50.8. The second-order valence-corrected chi connectivity index (χ2v) is 1.12. The van der Waals surface area contributed by atoms with Crippen molar-refractivity contribution >= 4 is 6.21 Å². The maximum absolute atomic E-state index is 7.73. The minimum absolute atomic E-state index is 0.144. The average molecular weight is 88.1 g/mol. The zero-order valence-corrected chi connectivity index (χ0v) is 3.63. The van der Waals surface area contributed by atoms with Crippen LogP contribution in [0.2, 0.25) is 0 Å². The quantitative estimate of drug-likeness (QED) is 0.265. The van der Waals surface area contributed by atoms with Gasteiger partial charge in [0.15, 0.2) is 0 Å². The van der Waals surface area contributed by atoms with E-state index in [0.29, 0.717) is 0 Å². The van der Waals surface area contributed by atoms with E-state index in [1.807, 2.05) is 0 Å². The predicted octanol–water partition coefficient (Wildman–Crippen LogP) is -0.206. The lowest BCUT2D eigenvalue weighted by Crippen LogP contribution is -2.15. The van der Waals surface area contributed by atoms with E-state index in [-0.39, 0.29) is 6.04 Å². The first-order valence-corrected chi connectivity index (χ1v) is 1.70. The molecular formula is C3H8N2O. The van der Waals surface area contributed by atoms with Crippen LogP contribution in [0.5, 0.6) is 0 Å². The van der Waals surface area contributed by atoms with Gasteiger partial charge in [-0.15, -0.1) is 5.16 Å². The van der Waals surface area contributed by atoms with Gasteiger partial charge in [0, 0.05) is 6.04 Å². The van der Waals surface area contributed by atoms with Crippen LogP contribution in [0, 0.1) is 0 Å². The molecule has 0 aliphatic heterocycles. The summed E-state index contributed by atoms with van der Waals surface area (Å²) in [5.74, 6) is 0. The van der Waals surface area contributed by atoms with Crippen LogP contribution in [0.3, 0.4) is 0 Å². The average Bonchev–Trinajstić information content (AvgIpc) is 1.35. The second kappa shape index (κ2) is 2.66. The summed E-state index contributed by atoms with van der Waals surface area (Å²) in [5, 5.41) is 10.4. The lowest BCUT2D eigenvalue weighted by atomic mass is 10.4.